The van der Waals surface area contributed by atoms with E-state index < -0.39 is 0 Å². The highest BCUT2D eigenvalue weighted by Gasteiger charge is 1.98. The van der Waals surface area contributed by atoms with Gasteiger partial charge in [-0.25, -0.2) is 9.97 Å². The highest BCUT2D eigenvalue weighted by molar-refractivity contribution is 9.10. The molecule has 14 heavy (non-hydrogen) atoms. The van der Waals surface area contributed by atoms with Gasteiger partial charge in [0.05, 0.1) is 0 Å². The Morgan fingerprint density at radius 1 is 1.07 bits per heavy atom. The van der Waals surface area contributed by atoms with Gasteiger partial charge in [-0.05, 0) is 34.1 Å². The summed E-state index contributed by atoms with van der Waals surface area (Å²) in [6, 6.07) is 12.0. The lowest BCUT2D eigenvalue weighted by Gasteiger charge is -1.99. The van der Waals surface area contributed by atoms with E-state index in [9.17, 15) is 0 Å². The van der Waals surface area contributed by atoms with Gasteiger partial charge in [0, 0.05) is 11.1 Å². The van der Waals surface area contributed by atoms with E-state index >= 15 is 0 Å². The van der Waals surface area contributed by atoms with Gasteiger partial charge in [0.2, 0.25) is 0 Å². The predicted octanol–water partition coefficient (Wildman–Crippen LogP) is 3.39. The van der Waals surface area contributed by atoms with Gasteiger partial charge in [-0.3, -0.25) is 0 Å². The molecule has 0 aliphatic heterocycles. The summed E-state index contributed by atoms with van der Waals surface area (Å²) in [7, 11) is 0. The van der Waals surface area contributed by atoms with Crippen LogP contribution in [0, 0.1) is 0 Å². The van der Waals surface area contributed by atoms with Crippen molar-refractivity contribution >= 4 is 27.7 Å². The van der Waals surface area contributed by atoms with Crippen LogP contribution in [0.25, 0.3) is 0 Å². The minimum Gasteiger partial charge on any atom is -0.231 e. The van der Waals surface area contributed by atoms with Gasteiger partial charge in [0.1, 0.15) is 5.03 Å². The topological polar surface area (TPSA) is 25.8 Å². The standard InChI is InChI=1S/C10H7BrN2S/c11-10-12-7-6-9(13-10)14-8-4-2-1-3-5-8/h1-7H. The van der Waals surface area contributed by atoms with Gasteiger partial charge in [-0.1, -0.05) is 30.0 Å². The SMILES string of the molecule is Brc1nccc(Sc2ccccc2)n1. The van der Waals surface area contributed by atoms with Crippen LogP contribution in [0.1, 0.15) is 0 Å². The van der Waals surface area contributed by atoms with Crippen molar-refractivity contribution in [1.29, 1.82) is 0 Å². The van der Waals surface area contributed by atoms with Crippen LogP contribution in [0.2, 0.25) is 0 Å². The first kappa shape index (κ1) is 9.68. The molecule has 2 aromatic rings. The number of hydrogen-bond donors (Lipinski definition) is 0. The Bertz CT molecular complexity index is 419. The maximum atomic E-state index is 4.24. The Morgan fingerprint density at radius 2 is 1.86 bits per heavy atom. The second-order valence-electron chi connectivity index (χ2n) is 2.58. The van der Waals surface area contributed by atoms with Crippen molar-refractivity contribution in [3.05, 3.63) is 47.3 Å². The zero-order valence-electron chi connectivity index (χ0n) is 7.22. The van der Waals surface area contributed by atoms with Crippen LogP contribution >= 0.6 is 27.7 Å². The van der Waals surface area contributed by atoms with E-state index in [4.69, 9.17) is 0 Å². The maximum absolute atomic E-state index is 4.24. The van der Waals surface area contributed by atoms with Gasteiger partial charge in [-0.2, -0.15) is 0 Å². The quantitative estimate of drug-likeness (QED) is 0.616. The Hall–Kier alpha value is -0.870. The normalized spacial score (nSPS) is 10.1. The third-order valence-corrected chi connectivity index (χ3v) is 2.89. The molecule has 0 saturated carbocycles. The molecule has 1 heterocycles. The van der Waals surface area contributed by atoms with Gasteiger partial charge in [0.15, 0.2) is 4.73 Å². The molecule has 0 amide bonds. The summed E-state index contributed by atoms with van der Waals surface area (Å²) in [4.78, 5) is 9.39. The number of hydrogen-bond acceptors (Lipinski definition) is 3. The number of benzene rings is 1. The fourth-order valence-corrected chi connectivity index (χ4v) is 2.21. The first-order chi connectivity index (χ1) is 6.84. The lowest BCUT2D eigenvalue weighted by Crippen LogP contribution is -1.83. The summed E-state index contributed by atoms with van der Waals surface area (Å²) < 4.78 is 0.624. The lowest BCUT2D eigenvalue weighted by molar-refractivity contribution is 1.00. The van der Waals surface area contributed by atoms with Crippen molar-refractivity contribution in [1.82, 2.24) is 9.97 Å². The van der Waals surface area contributed by atoms with E-state index in [1.54, 1.807) is 18.0 Å². The lowest BCUT2D eigenvalue weighted by atomic mass is 10.4. The van der Waals surface area contributed by atoms with Gasteiger partial charge in [-0.15, -0.1) is 0 Å². The average Bonchev–Trinajstić information content (AvgIpc) is 2.19. The van der Waals surface area contributed by atoms with Crippen LogP contribution in [0.15, 0.2) is 57.3 Å². The second kappa shape index (κ2) is 4.57. The summed E-state index contributed by atoms with van der Waals surface area (Å²) in [5, 5.41) is 0.943. The Morgan fingerprint density at radius 3 is 2.57 bits per heavy atom. The summed E-state index contributed by atoms with van der Waals surface area (Å²) in [5.41, 5.74) is 0. The third-order valence-electron chi connectivity index (χ3n) is 1.57. The van der Waals surface area contributed by atoms with Crippen LogP contribution in [0.3, 0.4) is 0 Å². The van der Waals surface area contributed by atoms with Crippen molar-refractivity contribution in [2.45, 2.75) is 9.92 Å². The zero-order chi connectivity index (χ0) is 9.80. The summed E-state index contributed by atoms with van der Waals surface area (Å²) >= 11 is 4.86. The van der Waals surface area contributed by atoms with Crippen LogP contribution in [-0.4, -0.2) is 9.97 Å². The summed E-state index contributed by atoms with van der Waals surface area (Å²) in [6.07, 6.45) is 1.74. The van der Waals surface area contributed by atoms with E-state index in [0.29, 0.717) is 4.73 Å². The molecule has 0 aliphatic rings. The molecule has 4 heteroatoms. The van der Waals surface area contributed by atoms with Crippen molar-refractivity contribution in [2.24, 2.45) is 0 Å². The maximum Gasteiger partial charge on any atom is 0.197 e. The smallest absolute Gasteiger partial charge is 0.197 e. The molecule has 0 fully saturated rings. The highest BCUT2D eigenvalue weighted by Crippen LogP contribution is 2.25. The number of rotatable bonds is 2. The molecule has 0 saturated heterocycles. The fourth-order valence-electron chi connectivity index (χ4n) is 0.986. The molecule has 0 unspecified atom stereocenters. The largest absolute Gasteiger partial charge is 0.231 e. The van der Waals surface area contributed by atoms with Crippen molar-refractivity contribution in [3.8, 4) is 0 Å². The van der Waals surface area contributed by atoms with Crippen LogP contribution in [0.4, 0.5) is 0 Å². The van der Waals surface area contributed by atoms with Gasteiger partial charge < -0.3 is 0 Å². The number of halogens is 1. The molecule has 1 aromatic heterocycles. The zero-order valence-corrected chi connectivity index (χ0v) is 9.62. The Kier molecular flexibility index (Phi) is 3.16. The summed E-state index contributed by atoms with van der Waals surface area (Å²) in [5.74, 6) is 0. The molecule has 0 bridgehead atoms. The minimum atomic E-state index is 0.624. The molecule has 0 atom stereocenters. The first-order valence-corrected chi connectivity index (χ1v) is 5.67. The van der Waals surface area contributed by atoms with E-state index in [1.807, 2.05) is 24.3 Å². The van der Waals surface area contributed by atoms with E-state index in [1.165, 1.54) is 4.90 Å². The van der Waals surface area contributed by atoms with Crippen molar-refractivity contribution < 1.29 is 0 Å². The van der Waals surface area contributed by atoms with Crippen LogP contribution in [-0.2, 0) is 0 Å². The molecule has 0 aliphatic carbocycles. The van der Waals surface area contributed by atoms with Crippen LogP contribution in [0.5, 0.6) is 0 Å². The van der Waals surface area contributed by atoms with E-state index in [2.05, 4.69) is 38.0 Å². The number of nitrogens with zero attached hydrogens (tertiary/aromatic N) is 2. The molecular weight excluding hydrogens is 260 g/mol. The second-order valence-corrected chi connectivity index (χ2v) is 4.38. The van der Waals surface area contributed by atoms with Crippen molar-refractivity contribution in [2.75, 3.05) is 0 Å². The van der Waals surface area contributed by atoms with Crippen molar-refractivity contribution in [3.63, 3.8) is 0 Å². The molecular formula is C10H7BrN2S. The first-order valence-electron chi connectivity index (χ1n) is 4.06. The predicted molar refractivity (Wildman–Crippen MR) is 60.3 cm³/mol. The molecule has 70 valence electrons. The van der Waals surface area contributed by atoms with E-state index in [0.717, 1.165) is 5.03 Å². The van der Waals surface area contributed by atoms with E-state index in [-0.39, 0.29) is 0 Å². The molecule has 2 rings (SSSR count). The molecule has 0 N–H and O–H groups in total. The Balaban J connectivity index is 2.19. The van der Waals surface area contributed by atoms with Gasteiger partial charge in [0.25, 0.3) is 0 Å². The number of aromatic nitrogens is 2. The molecule has 2 nitrogen and oxygen atoms in total. The third kappa shape index (κ3) is 2.56. The Labute approximate surface area is 94.9 Å². The van der Waals surface area contributed by atoms with Crippen LogP contribution < -0.4 is 0 Å². The summed E-state index contributed by atoms with van der Waals surface area (Å²) in [6.45, 7) is 0. The molecule has 0 spiro atoms. The molecule has 1 aromatic carbocycles. The molecule has 0 radical (unpaired) electrons. The fraction of sp³-hybridized carbons (Fsp3) is 0. The minimum absolute atomic E-state index is 0.624. The highest BCUT2D eigenvalue weighted by atomic mass is 79.9. The van der Waals surface area contributed by atoms with Gasteiger partial charge >= 0.3 is 0 Å². The monoisotopic (exact) mass is 266 g/mol. The average molecular weight is 267 g/mol.